The van der Waals surface area contributed by atoms with Gasteiger partial charge in [0.25, 0.3) is 0 Å². The Morgan fingerprint density at radius 2 is 1.88 bits per heavy atom. The van der Waals surface area contributed by atoms with Crippen molar-refractivity contribution in [1.29, 1.82) is 0 Å². The molecule has 2 rings (SSSR count). The number of unbranched alkanes of at least 4 members (excludes halogenated alkanes) is 1. The number of hydrogen-bond donors (Lipinski definition) is 0. The molecule has 0 radical (unpaired) electrons. The highest BCUT2D eigenvalue weighted by molar-refractivity contribution is 7.99. The average molecular weight is 243 g/mol. The quantitative estimate of drug-likeness (QED) is 0.560. The maximum Gasteiger partial charge on any atom is 0.0346 e. The molecular weight excluding hydrogens is 226 g/mol. The van der Waals surface area contributed by atoms with Crippen molar-refractivity contribution >= 4 is 11.8 Å². The number of nitrogens with zero attached hydrogens (tertiary/aromatic N) is 1. The van der Waals surface area contributed by atoms with Crippen LogP contribution in [0.4, 0.5) is 0 Å². The SMILES string of the molecule is CCCCSc1ccc(-c2cccnc2)cc1. The minimum atomic E-state index is 1.18. The van der Waals surface area contributed by atoms with Crippen molar-refractivity contribution in [2.24, 2.45) is 0 Å². The Balaban J connectivity index is 2.03. The molecule has 0 N–H and O–H groups in total. The van der Waals surface area contributed by atoms with Crippen LogP contribution in [0.15, 0.2) is 53.7 Å². The van der Waals surface area contributed by atoms with Gasteiger partial charge in [0.1, 0.15) is 0 Å². The summed E-state index contributed by atoms with van der Waals surface area (Å²) in [6.45, 7) is 2.23. The second-order valence-electron chi connectivity index (χ2n) is 3.97. The van der Waals surface area contributed by atoms with E-state index in [-0.39, 0.29) is 0 Å². The first kappa shape index (κ1) is 12.2. The first-order valence-corrected chi connectivity index (χ1v) is 7.02. The molecule has 0 amide bonds. The van der Waals surface area contributed by atoms with Crippen molar-refractivity contribution in [2.75, 3.05) is 5.75 Å². The molecule has 0 aliphatic rings. The zero-order valence-electron chi connectivity index (χ0n) is 10.1. The summed E-state index contributed by atoms with van der Waals surface area (Å²) < 4.78 is 0. The van der Waals surface area contributed by atoms with Gasteiger partial charge in [-0.15, -0.1) is 11.8 Å². The molecule has 0 unspecified atom stereocenters. The Morgan fingerprint density at radius 3 is 2.53 bits per heavy atom. The average Bonchev–Trinajstić information content (AvgIpc) is 2.41. The summed E-state index contributed by atoms with van der Waals surface area (Å²) in [6, 6.07) is 12.8. The minimum absolute atomic E-state index is 1.18. The maximum atomic E-state index is 4.14. The zero-order valence-corrected chi connectivity index (χ0v) is 10.9. The molecule has 0 atom stereocenters. The Bertz CT molecular complexity index is 436. The topological polar surface area (TPSA) is 12.9 Å². The number of aromatic nitrogens is 1. The number of pyridine rings is 1. The Kier molecular flexibility index (Phi) is 4.63. The van der Waals surface area contributed by atoms with Gasteiger partial charge in [0.15, 0.2) is 0 Å². The van der Waals surface area contributed by atoms with Crippen molar-refractivity contribution in [3.63, 3.8) is 0 Å². The fraction of sp³-hybridized carbons (Fsp3) is 0.267. The highest BCUT2D eigenvalue weighted by Gasteiger charge is 1.98. The predicted octanol–water partition coefficient (Wildman–Crippen LogP) is 4.64. The lowest BCUT2D eigenvalue weighted by atomic mass is 10.1. The molecule has 1 aromatic heterocycles. The summed E-state index contributed by atoms with van der Waals surface area (Å²) >= 11 is 1.93. The first-order valence-electron chi connectivity index (χ1n) is 6.03. The Hall–Kier alpha value is -1.28. The van der Waals surface area contributed by atoms with Gasteiger partial charge in [-0.3, -0.25) is 4.98 Å². The summed E-state index contributed by atoms with van der Waals surface area (Å²) in [5.74, 6) is 1.21. The third-order valence-electron chi connectivity index (χ3n) is 2.62. The van der Waals surface area contributed by atoms with Crippen molar-refractivity contribution in [2.45, 2.75) is 24.7 Å². The van der Waals surface area contributed by atoms with Crippen molar-refractivity contribution < 1.29 is 0 Å². The molecule has 0 aliphatic carbocycles. The lowest BCUT2D eigenvalue weighted by molar-refractivity contribution is 0.896. The van der Waals surface area contributed by atoms with Gasteiger partial charge < -0.3 is 0 Å². The van der Waals surface area contributed by atoms with Crippen LogP contribution in [0.5, 0.6) is 0 Å². The number of benzene rings is 1. The molecule has 1 heterocycles. The van der Waals surface area contributed by atoms with E-state index in [0.717, 1.165) is 0 Å². The van der Waals surface area contributed by atoms with Crippen LogP contribution >= 0.6 is 11.8 Å². The Labute approximate surface area is 107 Å². The summed E-state index contributed by atoms with van der Waals surface area (Å²) in [6.07, 6.45) is 6.26. The molecule has 88 valence electrons. The second-order valence-corrected chi connectivity index (χ2v) is 5.14. The first-order chi connectivity index (χ1) is 8.40. The molecular formula is C15H17NS. The smallest absolute Gasteiger partial charge is 0.0346 e. The molecule has 0 bridgehead atoms. The normalized spacial score (nSPS) is 10.4. The van der Waals surface area contributed by atoms with Gasteiger partial charge in [-0.25, -0.2) is 0 Å². The number of thioether (sulfide) groups is 1. The number of rotatable bonds is 5. The molecule has 0 saturated carbocycles. The third-order valence-corrected chi connectivity index (χ3v) is 3.71. The zero-order chi connectivity index (χ0) is 11.9. The van der Waals surface area contributed by atoms with Crippen LogP contribution in [0.1, 0.15) is 19.8 Å². The van der Waals surface area contributed by atoms with Gasteiger partial charge in [0, 0.05) is 17.3 Å². The summed E-state index contributed by atoms with van der Waals surface area (Å²) in [5, 5.41) is 0. The summed E-state index contributed by atoms with van der Waals surface area (Å²) in [5.41, 5.74) is 2.41. The maximum absolute atomic E-state index is 4.14. The highest BCUT2D eigenvalue weighted by atomic mass is 32.2. The molecule has 1 nitrogen and oxygen atoms in total. The highest BCUT2D eigenvalue weighted by Crippen LogP contribution is 2.24. The molecule has 2 aromatic rings. The van der Waals surface area contributed by atoms with Crippen molar-refractivity contribution in [3.05, 3.63) is 48.8 Å². The minimum Gasteiger partial charge on any atom is -0.264 e. The standard InChI is InChI=1S/C15H17NS/c1-2-3-11-17-15-8-6-13(7-9-15)14-5-4-10-16-12-14/h4-10,12H,2-3,11H2,1H3. The fourth-order valence-electron chi connectivity index (χ4n) is 1.61. The molecule has 17 heavy (non-hydrogen) atoms. The van der Waals surface area contributed by atoms with Gasteiger partial charge in [-0.1, -0.05) is 31.5 Å². The van der Waals surface area contributed by atoms with Crippen LogP contribution in [-0.2, 0) is 0 Å². The van der Waals surface area contributed by atoms with E-state index >= 15 is 0 Å². The van der Waals surface area contributed by atoms with E-state index in [1.54, 1.807) is 6.20 Å². The van der Waals surface area contributed by atoms with Gasteiger partial charge >= 0.3 is 0 Å². The summed E-state index contributed by atoms with van der Waals surface area (Å²) in [7, 11) is 0. The molecule has 0 aliphatic heterocycles. The Morgan fingerprint density at radius 1 is 1.06 bits per heavy atom. The number of hydrogen-bond acceptors (Lipinski definition) is 2. The van der Waals surface area contributed by atoms with Crippen molar-refractivity contribution in [3.8, 4) is 11.1 Å². The van der Waals surface area contributed by atoms with Crippen LogP contribution in [0.2, 0.25) is 0 Å². The van der Waals surface area contributed by atoms with E-state index in [2.05, 4.69) is 42.2 Å². The monoisotopic (exact) mass is 243 g/mol. The van der Waals surface area contributed by atoms with E-state index < -0.39 is 0 Å². The van der Waals surface area contributed by atoms with Crippen LogP contribution in [0.3, 0.4) is 0 Å². The largest absolute Gasteiger partial charge is 0.264 e. The van der Waals surface area contributed by atoms with Crippen LogP contribution in [-0.4, -0.2) is 10.7 Å². The predicted molar refractivity (Wildman–Crippen MR) is 75.3 cm³/mol. The van der Waals surface area contributed by atoms with Crippen LogP contribution < -0.4 is 0 Å². The second kappa shape index (κ2) is 6.45. The van der Waals surface area contributed by atoms with E-state index in [9.17, 15) is 0 Å². The van der Waals surface area contributed by atoms with Gasteiger partial charge in [-0.2, -0.15) is 0 Å². The lowest BCUT2D eigenvalue weighted by Crippen LogP contribution is -1.81. The molecule has 0 saturated heterocycles. The third kappa shape index (κ3) is 3.60. The molecule has 0 fully saturated rings. The van der Waals surface area contributed by atoms with E-state index in [1.807, 2.05) is 24.0 Å². The van der Waals surface area contributed by atoms with Gasteiger partial charge in [-0.05, 0) is 41.5 Å². The van der Waals surface area contributed by atoms with Crippen LogP contribution in [0.25, 0.3) is 11.1 Å². The lowest BCUT2D eigenvalue weighted by Gasteiger charge is -2.03. The van der Waals surface area contributed by atoms with Crippen molar-refractivity contribution in [1.82, 2.24) is 4.98 Å². The molecule has 0 spiro atoms. The van der Waals surface area contributed by atoms with Crippen LogP contribution in [0, 0.1) is 0 Å². The molecule has 2 heteroatoms. The van der Waals surface area contributed by atoms with Gasteiger partial charge in [0.05, 0.1) is 0 Å². The van der Waals surface area contributed by atoms with Gasteiger partial charge in [0.2, 0.25) is 0 Å². The summed E-state index contributed by atoms with van der Waals surface area (Å²) in [4.78, 5) is 5.49. The van der Waals surface area contributed by atoms with E-state index in [1.165, 1.54) is 34.6 Å². The molecule has 1 aromatic carbocycles. The van der Waals surface area contributed by atoms with E-state index in [4.69, 9.17) is 0 Å². The van der Waals surface area contributed by atoms with E-state index in [0.29, 0.717) is 0 Å². The fourth-order valence-corrected chi connectivity index (χ4v) is 2.61.